The van der Waals surface area contributed by atoms with Gasteiger partial charge >= 0.3 is 0 Å². The topological polar surface area (TPSA) is 38.8 Å². The molecule has 0 radical (unpaired) electrons. The van der Waals surface area contributed by atoms with Crippen molar-refractivity contribution in [1.29, 1.82) is 0 Å². The summed E-state index contributed by atoms with van der Waals surface area (Å²) in [5.74, 6) is 0.601. The van der Waals surface area contributed by atoms with Gasteiger partial charge in [0.1, 0.15) is 5.82 Å². The fourth-order valence-corrected chi connectivity index (χ4v) is 2.59. The van der Waals surface area contributed by atoms with Gasteiger partial charge in [-0.15, -0.1) is 0 Å². The minimum absolute atomic E-state index is 0.209. The van der Waals surface area contributed by atoms with E-state index in [1.807, 2.05) is 13.8 Å². The Bertz CT molecular complexity index is 733. The van der Waals surface area contributed by atoms with Crippen molar-refractivity contribution in [3.8, 4) is 11.5 Å². The zero-order chi connectivity index (χ0) is 18.4. The van der Waals surface area contributed by atoms with Crippen LogP contribution in [0.1, 0.15) is 42.7 Å². The monoisotopic (exact) mass is 345 g/mol. The molecule has 0 aliphatic heterocycles. The average Bonchev–Trinajstić information content (AvgIpc) is 2.62. The van der Waals surface area contributed by atoms with Crippen molar-refractivity contribution in [2.75, 3.05) is 20.3 Å². The van der Waals surface area contributed by atoms with E-state index >= 15 is 0 Å². The van der Waals surface area contributed by atoms with Crippen molar-refractivity contribution in [2.24, 2.45) is 0 Å². The number of ether oxygens (including phenoxy) is 2. The molecule has 0 N–H and O–H groups in total. The highest BCUT2D eigenvalue weighted by Gasteiger charge is 2.22. The molecular weight excluding hydrogens is 321 g/mol. The number of carbonyl (C=O) groups is 1. The number of carbonyl (C=O) groups excluding carboxylic acids is 1. The molecule has 2 rings (SSSR count). The lowest BCUT2D eigenvalue weighted by molar-refractivity contribution is 0.0740. The normalized spacial score (nSPS) is 11.7. The third kappa shape index (κ3) is 4.29. The number of hydrogen-bond acceptors (Lipinski definition) is 3. The maximum atomic E-state index is 14.0. The molecule has 25 heavy (non-hydrogen) atoms. The summed E-state index contributed by atoms with van der Waals surface area (Å²) in [6, 6.07) is 11.2. The predicted octanol–water partition coefficient (Wildman–Crippen LogP) is 4.46. The van der Waals surface area contributed by atoms with Gasteiger partial charge in [0, 0.05) is 18.2 Å². The first-order valence-electron chi connectivity index (χ1n) is 8.40. The molecule has 0 aliphatic rings. The number of nitrogens with zero attached hydrogens (tertiary/aromatic N) is 1. The molecule has 134 valence electrons. The van der Waals surface area contributed by atoms with Gasteiger partial charge in [-0.2, -0.15) is 0 Å². The van der Waals surface area contributed by atoms with Crippen molar-refractivity contribution in [2.45, 2.75) is 26.8 Å². The molecule has 0 aliphatic carbocycles. The summed E-state index contributed by atoms with van der Waals surface area (Å²) in [5.41, 5.74) is 0.951. The second-order valence-corrected chi connectivity index (χ2v) is 5.64. The van der Waals surface area contributed by atoms with E-state index in [4.69, 9.17) is 9.47 Å². The molecule has 2 aromatic carbocycles. The van der Waals surface area contributed by atoms with E-state index in [0.29, 0.717) is 35.8 Å². The van der Waals surface area contributed by atoms with E-state index in [1.165, 1.54) is 11.0 Å². The maximum absolute atomic E-state index is 14.0. The van der Waals surface area contributed by atoms with Crippen LogP contribution in [0.25, 0.3) is 0 Å². The van der Waals surface area contributed by atoms with Crippen LogP contribution in [0, 0.1) is 5.82 Å². The van der Waals surface area contributed by atoms with Crippen molar-refractivity contribution >= 4 is 5.91 Å². The molecule has 0 spiro atoms. The van der Waals surface area contributed by atoms with Gasteiger partial charge in [-0.05, 0) is 45.0 Å². The molecule has 1 atom stereocenters. The van der Waals surface area contributed by atoms with Crippen LogP contribution in [0.15, 0.2) is 42.5 Å². The number of benzene rings is 2. The van der Waals surface area contributed by atoms with E-state index < -0.39 is 6.04 Å². The summed E-state index contributed by atoms with van der Waals surface area (Å²) in [7, 11) is 1.66. The third-order valence-corrected chi connectivity index (χ3v) is 4.05. The Kier molecular flexibility index (Phi) is 6.39. The van der Waals surface area contributed by atoms with Crippen LogP contribution in [0.3, 0.4) is 0 Å². The Morgan fingerprint density at radius 2 is 1.72 bits per heavy atom. The zero-order valence-corrected chi connectivity index (χ0v) is 15.1. The summed E-state index contributed by atoms with van der Waals surface area (Å²) in [6.45, 7) is 6.54. The Labute approximate surface area is 148 Å². The van der Waals surface area contributed by atoms with Crippen LogP contribution in [0.4, 0.5) is 4.39 Å². The molecule has 5 heteroatoms. The van der Waals surface area contributed by atoms with Gasteiger partial charge in [-0.1, -0.05) is 18.2 Å². The second kappa shape index (κ2) is 8.51. The lowest BCUT2D eigenvalue weighted by Gasteiger charge is -2.26. The van der Waals surface area contributed by atoms with Crippen LogP contribution < -0.4 is 9.47 Å². The van der Waals surface area contributed by atoms with Gasteiger partial charge in [-0.3, -0.25) is 4.79 Å². The van der Waals surface area contributed by atoms with E-state index in [9.17, 15) is 9.18 Å². The largest absolute Gasteiger partial charge is 0.490 e. The number of amides is 1. The van der Waals surface area contributed by atoms with Gasteiger partial charge in [0.25, 0.3) is 5.91 Å². The molecule has 4 nitrogen and oxygen atoms in total. The van der Waals surface area contributed by atoms with Crippen LogP contribution in [0.5, 0.6) is 11.5 Å². The van der Waals surface area contributed by atoms with E-state index in [0.717, 1.165) is 0 Å². The van der Waals surface area contributed by atoms with Crippen molar-refractivity contribution in [3.63, 3.8) is 0 Å². The molecule has 0 saturated carbocycles. The molecular formula is C20H24FNO3. The van der Waals surface area contributed by atoms with E-state index in [1.54, 1.807) is 50.4 Å². The summed E-state index contributed by atoms with van der Waals surface area (Å²) in [5, 5.41) is 0. The van der Waals surface area contributed by atoms with Crippen molar-refractivity contribution in [3.05, 3.63) is 59.4 Å². The standard InChI is InChI=1S/C20H24FNO3/c1-5-24-18-12-11-15(13-19(18)25-6-2)20(23)22(4)14(3)16-9-7-8-10-17(16)21/h7-14H,5-6H2,1-4H3. The Morgan fingerprint density at radius 3 is 2.36 bits per heavy atom. The van der Waals surface area contributed by atoms with Crippen molar-refractivity contribution < 1.29 is 18.7 Å². The summed E-state index contributed by atoms with van der Waals surface area (Å²) in [4.78, 5) is 14.3. The lowest BCUT2D eigenvalue weighted by Crippen LogP contribution is -2.30. The number of rotatable bonds is 7. The Morgan fingerprint density at radius 1 is 1.08 bits per heavy atom. The van der Waals surface area contributed by atoms with Crippen molar-refractivity contribution in [1.82, 2.24) is 4.90 Å². The molecule has 0 fully saturated rings. The summed E-state index contributed by atoms with van der Waals surface area (Å²) < 4.78 is 25.1. The fourth-order valence-electron chi connectivity index (χ4n) is 2.59. The molecule has 1 amide bonds. The first-order chi connectivity index (χ1) is 12.0. The van der Waals surface area contributed by atoms with E-state index in [2.05, 4.69) is 0 Å². The minimum atomic E-state index is -0.393. The quantitative estimate of drug-likeness (QED) is 0.744. The predicted molar refractivity (Wildman–Crippen MR) is 95.7 cm³/mol. The smallest absolute Gasteiger partial charge is 0.254 e. The summed E-state index contributed by atoms with van der Waals surface area (Å²) in [6.07, 6.45) is 0. The van der Waals surface area contributed by atoms with Crippen LogP contribution in [-0.2, 0) is 0 Å². The first kappa shape index (κ1) is 18.8. The molecule has 0 bridgehead atoms. The van der Waals surface area contributed by atoms with Gasteiger partial charge in [-0.25, -0.2) is 4.39 Å². The van der Waals surface area contributed by atoms with Crippen LogP contribution >= 0.6 is 0 Å². The van der Waals surface area contributed by atoms with Crippen LogP contribution in [-0.4, -0.2) is 31.1 Å². The first-order valence-corrected chi connectivity index (χ1v) is 8.40. The Hall–Kier alpha value is -2.56. The molecule has 1 unspecified atom stereocenters. The number of hydrogen-bond donors (Lipinski definition) is 0. The van der Waals surface area contributed by atoms with Gasteiger partial charge in [0.05, 0.1) is 19.3 Å². The average molecular weight is 345 g/mol. The molecule has 0 heterocycles. The van der Waals surface area contributed by atoms with E-state index in [-0.39, 0.29) is 11.7 Å². The minimum Gasteiger partial charge on any atom is -0.490 e. The van der Waals surface area contributed by atoms with Gasteiger partial charge < -0.3 is 14.4 Å². The number of halogens is 1. The Balaban J connectivity index is 2.27. The maximum Gasteiger partial charge on any atom is 0.254 e. The third-order valence-electron chi connectivity index (χ3n) is 4.05. The van der Waals surface area contributed by atoms with Gasteiger partial charge in [0.2, 0.25) is 0 Å². The lowest BCUT2D eigenvalue weighted by atomic mass is 10.1. The molecule has 2 aromatic rings. The van der Waals surface area contributed by atoms with Gasteiger partial charge in [0.15, 0.2) is 11.5 Å². The molecule has 0 aromatic heterocycles. The summed E-state index contributed by atoms with van der Waals surface area (Å²) >= 11 is 0. The highest BCUT2D eigenvalue weighted by Crippen LogP contribution is 2.30. The zero-order valence-electron chi connectivity index (χ0n) is 15.1. The highest BCUT2D eigenvalue weighted by molar-refractivity contribution is 5.95. The second-order valence-electron chi connectivity index (χ2n) is 5.64. The molecule has 0 saturated heterocycles. The highest BCUT2D eigenvalue weighted by atomic mass is 19.1. The fraction of sp³-hybridized carbons (Fsp3) is 0.350. The SMILES string of the molecule is CCOc1ccc(C(=O)N(C)C(C)c2ccccc2F)cc1OCC. The van der Waals surface area contributed by atoms with Crippen LogP contribution in [0.2, 0.25) is 0 Å².